The molecule has 0 atom stereocenters. The van der Waals surface area contributed by atoms with Gasteiger partial charge in [0.1, 0.15) is 28.6 Å². The highest BCUT2D eigenvalue weighted by Gasteiger charge is 2.17. The van der Waals surface area contributed by atoms with Gasteiger partial charge in [-0.1, -0.05) is 5.21 Å². The van der Waals surface area contributed by atoms with Crippen LogP contribution in [0.1, 0.15) is 43.7 Å². The number of anilines is 1. The highest BCUT2D eigenvalue weighted by atomic mass is 16.4. The summed E-state index contributed by atoms with van der Waals surface area (Å²) < 4.78 is 1.20. The number of aromatic hydroxyl groups is 2. The van der Waals surface area contributed by atoms with Crippen molar-refractivity contribution in [3.8, 4) is 28.6 Å². The maximum absolute atomic E-state index is 12.7. The number of hydrogen-bond acceptors (Lipinski definition) is 11. The molecule has 0 saturated heterocycles. The number of carbonyl (C=O) groups is 3. The normalized spacial score (nSPS) is 11.1. The monoisotopic (exact) mass is 558 g/mol. The Kier molecular flexibility index (Phi) is 7.98. The molecule has 2 aromatic carbocycles. The third-order valence-electron chi connectivity index (χ3n) is 5.64. The molecular formula is C26H22N8O7. The minimum atomic E-state index is -1.22. The average molecular weight is 559 g/mol. The number of rotatable bonds is 10. The smallest absolute Gasteiger partial charge is 0.335 e. The Morgan fingerprint density at radius 1 is 0.951 bits per heavy atom. The fourth-order valence-electron chi connectivity index (χ4n) is 3.63. The molecule has 0 unspecified atom stereocenters. The van der Waals surface area contributed by atoms with Gasteiger partial charge in [0.25, 0.3) is 5.91 Å². The summed E-state index contributed by atoms with van der Waals surface area (Å²) in [5, 5.41) is 55.6. The Morgan fingerprint density at radius 2 is 1.63 bits per heavy atom. The molecular weight excluding hydrogens is 536 g/mol. The number of aromatic nitrogens is 4. The van der Waals surface area contributed by atoms with Crippen LogP contribution in [-0.4, -0.2) is 64.8 Å². The van der Waals surface area contributed by atoms with Crippen LogP contribution >= 0.6 is 0 Å². The number of benzene rings is 2. The van der Waals surface area contributed by atoms with E-state index in [0.29, 0.717) is 6.54 Å². The Balaban J connectivity index is 1.73. The van der Waals surface area contributed by atoms with E-state index in [1.54, 1.807) is 6.92 Å². The zero-order valence-electron chi connectivity index (χ0n) is 21.2. The molecule has 4 aromatic rings. The molecule has 0 fully saturated rings. The predicted octanol–water partition coefficient (Wildman–Crippen LogP) is 3.33. The van der Waals surface area contributed by atoms with Crippen molar-refractivity contribution >= 4 is 29.2 Å². The predicted molar refractivity (Wildman–Crippen MR) is 143 cm³/mol. The number of nitrogens with zero attached hydrogens (tertiary/aromatic N) is 5. The van der Waals surface area contributed by atoms with Crippen molar-refractivity contribution in [1.29, 1.82) is 5.53 Å². The molecule has 15 nitrogen and oxygen atoms in total. The van der Waals surface area contributed by atoms with Crippen LogP contribution < -0.4 is 10.6 Å². The molecule has 208 valence electrons. The molecule has 0 aliphatic rings. The number of carbonyl (C=O) groups excluding carboxylic acids is 1. The third-order valence-corrected chi connectivity index (χ3v) is 5.64. The Hall–Kier alpha value is -6.12. The maximum atomic E-state index is 12.7. The van der Waals surface area contributed by atoms with Gasteiger partial charge in [-0.3, -0.25) is 4.79 Å². The van der Waals surface area contributed by atoms with E-state index >= 15 is 0 Å². The lowest BCUT2D eigenvalue weighted by atomic mass is 10.1. The van der Waals surface area contributed by atoms with E-state index in [-0.39, 0.29) is 62.3 Å². The molecule has 41 heavy (non-hydrogen) atoms. The standard InChI is InChI=1S/C26H22N8O7/c1-2-28-24(37)15-7-17(19(31-27)11-29-16-5-3-13(25(38)39)9-22(16)35)30-18(8-15)20-12-34(33-32-20)21-6-4-14(26(40)41)10-23(21)36/h3-12,27,29,35-36H,2H2,1H3,(H,28,37)(H,38,39)(H,40,41)/b19-11-,31-27?. The Morgan fingerprint density at radius 3 is 2.24 bits per heavy atom. The molecule has 0 radical (unpaired) electrons. The van der Waals surface area contributed by atoms with Gasteiger partial charge in [0.15, 0.2) is 0 Å². The van der Waals surface area contributed by atoms with Gasteiger partial charge in [-0.2, -0.15) is 5.11 Å². The maximum Gasteiger partial charge on any atom is 0.335 e. The number of carboxylic acids is 2. The first-order valence-corrected chi connectivity index (χ1v) is 11.8. The second-order valence-electron chi connectivity index (χ2n) is 8.37. The lowest BCUT2D eigenvalue weighted by Gasteiger charge is -2.09. The van der Waals surface area contributed by atoms with E-state index in [0.717, 1.165) is 12.1 Å². The van der Waals surface area contributed by atoms with Gasteiger partial charge >= 0.3 is 11.9 Å². The van der Waals surface area contributed by atoms with E-state index < -0.39 is 17.8 Å². The van der Waals surface area contributed by atoms with Gasteiger partial charge in [-0.05, 0) is 55.5 Å². The van der Waals surface area contributed by atoms with Crippen molar-refractivity contribution in [1.82, 2.24) is 25.3 Å². The molecule has 0 aliphatic heterocycles. The summed E-state index contributed by atoms with van der Waals surface area (Å²) in [6.07, 6.45) is 2.65. The number of carboxylic acid groups (broad SMARTS) is 2. The first-order chi connectivity index (χ1) is 19.6. The number of pyridine rings is 1. The average Bonchev–Trinajstić information content (AvgIpc) is 3.44. The van der Waals surface area contributed by atoms with Crippen molar-refractivity contribution in [3.63, 3.8) is 0 Å². The second-order valence-corrected chi connectivity index (χ2v) is 8.37. The highest BCUT2D eigenvalue weighted by Crippen LogP contribution is 2.28. The summed E-state index contributed by atoms with van der Waals surface area (Å²) in [7, 11) is 0. The molecule has 0 aliphatic carbocycles. The molecule has 4 rings (SSSR count). The molecule has 1 amide bonds. The third kappa shape index (κ3) is 6.14. The van der Waals surface area contributed by atoms with Crippen molar-refractivity contribution in [2.45, 2.75) is 6.92 Å². The number of phenols is 2. The van der Waals surface area contributed by atoms with Gasteiger partial charge in [0.05, 0.1) is 34.4 Å². The van der Waals surface area contributed by atoms with E-state index in [1.165, 1.54) is 53.5 Å². The Bertz CT molecular complexity index is 1710. The van der Waals surface area contributed by atoms with Crippen molar-refractivity contribution < 1.29 is 34.8 Å². The molecule has 15 heteroatoms. The summed E-state index contributed by atoms with van der Waals surface area (Å²) in [4.78, 5) is 39.4. The quantitative estimate of drug-likeness (QED) is 0.110. The van der Waals surface area contributed by atoms with Gasteiger partial charge in [0, 0.05) is 18.3 Å². The van der Waals surface area contributed by atoms with E-state index in [4.69, 9.17) is 15.7 Å². The van der Waals surface area contributed by atoms with Crippen molar-refractivity contribution in [2.24, 2.45) is 5.11 Å². The summed E-state index contributed by atoms with van der Waals surface area (Å²) >= 11 is 0. The summed E-state index contributed by atoms with van der Waals surface area (Å²) in [5.41, 5.74) is 8.24. The van der Waals surface area contributed by atoms with Crippen LogP contribution in [0.4, 0.5) is 5.69 Å². The first-order valence-electron chi connectivity index (χ1n) is 11.8. The summed E-state index contributed by atoms with van der Waals surface area (Å²) in [6, 6.07) is 10.2. The first kappa shape index (κ1) is 27.9. The van der Waals surface area contributed by atoms with Crippen LogP contribution in [0.15, 0.2) is 66.0 Å². The van der Waals surface area contributed by atoms with Crippen LogP contribution in [0.5, 0.6) is 11.5 Å². The van der Waals surface area contributed by atoms with Crippen LogP contribution in [0.2, 0.25) is 0 Å². The fraction of sp³-hybridized carbons (Fsp3) is 0.0769. The van der Waals surface area contributed by atoms with Gasteiger partial charge in [-0.15, -0.1) is 5.10 Å². The molecule has 0 saturated carbocycles. The highest BCUT2D eigenvalue weighted by molar-refractivity contribution is 5.96. The lowest BCUT2D eigenvalue weighted by molar-refractivity contribution is 0.0686. The lowest BCUT2D eigenvalue weighted by Crippen LogP contribution is -2.23. The number of nitrogens with one attached hydrogen (secondary N) is 3. The van der Waals surface area contributed by atoms with Crippen molar-refractivity contribution in [2.75, 3.05) is 11.9 Å². The minimum Gasteiger partial charge on any atom is -0.506 e. The summed E-state index contributed by atoms with van der Waals surface area (Å²) in [6.45, 7) is 2.08. The Labute approximate surface area is 230 Å². The van der Waals surface area contributed by atoms with Crippen molar-refractivity contribution in [3.05, 3.63) is 83.3 Å². The van der Waals surface area contributed by atoms with Crippen LogP contribution in [0.3, 0.4) is 0 Å². The minimum absolute atomic E-state index is 0.0478. The molecule has 2 aromatic heterocycles. The largest absolute Gasteiger partial charge is 0.506 e. The van der Waals surface area contributed by atoms with E-state index in [9.17, 15) is 24.6 Å². The van der Waals surface area contributed by atoms with E-state index in [1.807, 2.05) is 0 Å². The van der Waals surface area contributed by atoms with Crippen LogP contribution in [-0.2, 0) is 0 Å². The van der Waals surface area contributed by atoms with Gasteiger partial charge in [0.2, 0.25) is 0 Å². The van der Waals surface area contributed by atoms with Crippen LogP contribution in [0, 0.1) is 5.53 Å². The number of amides is 1. The number of phenolic OH excluding ortho intramolecular Hbond substituents is 2. The fourth-order valence-corrected chi connectivity index (χ4v) is 3.63. The van der Waals surface area contributed by atoms with E-state index in [2.05, 4.69) is 31.0 Å². The molecule has 0 bridgehead atoms. The van der Waals surface area contributed by atoms with Gasteiger partial charge in [-0.25, -0.2) is 24.8 Å². The SMILES string of the molecule is CCNC(=O)c1cc(/C(=C/Nc2ccc(C(=O)O)cc2O)N=N)nc(-c2cn(-c3ccc(C(=O)O)cc3O)nn2)c1. The van der Waals surface area contributed by atoms with Gasteiger partial charge < -0.3 is 31.1 Å². The molecule has 7 N–H and O–H groups in total. The zero-order valence-corrected chi connectivity index (χ0v) is 21.2. The number of hydrogen-bond donors (Lipinski definition) is 7. The number of aromatic carboxylic acids is 2. The topological polar surface area (TPSA) is 236 Å². The zero-order chi connectivity index (χ0) is 29.7. The summed E-state index contributed by atoms with van der Waals surface area (Å²) in [5.74, 6) is -3.57. The second kappa shape index (κ2) is 11.7. The molecule has 2 heterocycles. The van der Waals surface area contributed by atoms with Crippen LogP contribution in [0.25, 0.3) is 22.8 Å². The molecule has 0 spiro atoms.